The number of ether oxygens (including phenoxy) is 2. The Hall–Kier alpha value is -3.05. The van der Waals surface area contributed by atoms with Gasteiger partial charge in [0.1, 0.15) is 23.5 Å². The van der Waals surface area contributed by atoms with Crippen LogP contribution in [0.2, 0.25) is 0 Å². The van der Waals surface area contributed by atoms with Crippen LogP contribution < -0.4 is 9.47 Å². The smallest absolute Gasteiger partial charge is 0.373 e. The van der Waals surface area contributed by atoms with E-state index in [2.05, 4.69) is 12.0 Å². The maximum atomic E-state index is 8.12. The molecule has 7 nitrogen and oxygen atoms in total. The Morgan fingerprint density at radius 2 is 1.96 bits per heavy atom. The summed E-state index contributed by atoms with van der Waals surface area (Å²) in [5.41, 5.74) is 3.50. The van der Waals surface area contributed by atoms with Crippen molar-refractivity contribution >= 4 is 11.9 Å². The third-order valence-corrected chi connectivity index (χ3v) is 3.29. The van der Waals surface area contributed by atoms with E-state index < -0.39 is 0 Å². The molecule has 3 aromatic rings. The summed E-state index contributed by atoms with van der Waals surface area (Å²) in [5, 5.41) is 4.52. The van der Waals surface area contributed by atoms with Crippen LogP contribution in [-0.4, -0.2) is 30.0 Å². The lowest BCUT2D eigenvalue weighted by molar-refractivity contribution is -0.191. The Morgan fingerprint density at radius 1 is 1.22 bits per heavy atom. The molecular formula is C16H16N2O5. The number of aryl methyl sites for hydroxylation is 1. The molecule has 0 saturated carbocycles. The fourth-order valence-corrected chi connectivity index (χ4v) is 2.19. The molecule has 0 spiro atoms. The van der Waals surface area contributed by atoms with Crippen molar-refractivity contribution in [3.05, 3.63) is 36.2 Å². The number of carbonyl (C=O) groups excluding carboxylic acids is 2. The largest absolute Gasteiger partial charge is 0.497 e. The van der Waals surface area contributed by atoms with Crippen molar-refractivity contribution < 1.29 is 23.5 Å². The van der Waals surface area contributed by atoms with Crippen molar-refractivity contribution in [1.29, 1.82) is 0 Å². The van der Waals surface area contributed by atoms with Crippen LogP contribution in [0.15, 0.2) is 34.9 Å². The van der Waals surface area contributed by atoms with Gasteiger partial charge in [0, 0.05) is 17.7 Å². The van der Waals surface area contributed by atoms with E-state index in [9.17, 15) is 0 Å². The van der Waals surface area contributed by atoms with Crippen LogP contribution in [0.4, 0.5) is 0 Å². The van der Waals surface area contributed by atoms with Gasteiger partial charge in [-0.15, -0.1) is 0 Å². The third-order valence-electron chi connectivity index (χ3n) is 3.29. The summed E-state index contributed by atoms with van der Waals surface area (Å²) in [7, 11) is 3.27. The summed E-state index contributed by atoms with van der Waals surface area (Å²) in [6, 6.07) is 7.62. The molecule has 2 heterocycles. The molecule has 1 aromatic carbocycles. The zero-order chi connectivity index (χ0) is 16.8. The fraction of sp³-hybridized carbons (Fsp3) is 0.250. The average Bonchev–Trinajstić information content (AvgIpc) is 3.15. The molecule has 0 fully saturated rings. The van der Waals surface area contributed by atoms with Crippen molar-refractivity contribution in [3.63, 3.8) is 0 Å². The van der Waals surface area contributed by atoms with Crippen LogP contribution in [0.1, 0.15) is 12.6 Å². The summed E-state index contributed by atoms with van der Waals surface area (Å²) in [4.78, 5) is 16.2. The van der Waals surface area contributed by atoms with Gasteiger partial charge in [0.2, 0.25) is 5.71 Å². The highest BCUT2D eigenvalue weighted by molar-refractivity contribution is 5.70. The number of methoxy groups -OCH3 is 2. The van der Waals surface area contributed by atoms with Gasteiger partial charge in [0.25, 0.3) is 0 Å². The summed E-state index contributed by atoms with van der Waals surface area (Å²) in [5.74, 6) is 1.47. The summed E-state index contributed by atoms with van der Waals surface area (Å²) >= 11 is 0. The lowest BCUT2D eigenvalue weighted by Gasteiger charge is -2.08. The van der Waals surface area contributed by atoms with Gasteiger partial charge >= 0.3 is 6.15 Å². The van der Waals surface area contributed by atoms with E-state index in [1.165, 1.54) is 0 Å². The van der Waals surface area contributed by atoms with Crippen LogP contribution in [0.5, 0.6) is 11.5 Å². The molecular weight excluding hydrogens is 300 g/mol. The van der Waals surface area contributed by atoms with Gasteiger partial charge in [0.05, 0.1) is 19.9 Å². The third kappa shape index (κ3) is 3.25. The van der Waals surface area contributed by atoms with Gasteiger partial charge in [-0.2, -0.15) is 19.2 Å². The molecule has 3 rings (SSSR count). The van der Waals surface area contributed by atoms with Crippen molar-refractivity contribution in [2.24, 2.45) is 0 Å². The molecule has 0 saturated heterocycles. The minimum Gasteiger partial charge on any atom is -0.497 e. The first-order valence-electron chi connectivity index (χ1n) is 6.86. The van der Waals surface area contributed by atoms with E-state index in [0.717, 1.165) is 40.6 Å². The van der Waals surface area contributed by atoms with Gasteiger partial charge < -0.3 is 13.9 Å². The highest BCUT2D eigenvalue weighted by atomic mass is 16.5. The number of aromatic nitrogens is 2. The van der Waals surface area contributed by atoms with E-state index in [0.29, 0.717) is 0 Å². The lowest BCUT2D eigenvalue weighted by Crippen LogP contribution is -1.94. The highest BCUT2D eigenvalue weighted by Gasteiger charge is 2.15. The zero-order valence-corrected chi connectivity index (χ0v) is 13.0. The predicted molar refractivity (Wildman–Crippen MR) is 80.4 cm³/mol. The maximum Gasteiger partial charge on any atom is 0.373 e. The lowest BCUT2D eigenvalue weighted by atomic mass is 10.1. The fourth-order valence-electron chi connectivity index (χ4n) is 2.19. The SMILES string of the molecule is CCc1cc2occ(-c3ccc(OC)cc3OC)n2n1.O=C=O. The summed E-state index contributed by atoms with van der Waals surface area (Å²) in [6.07, 6.45) is 2.81. The second kappa shape index (κ2) is 7.29. The molecule has 0 radical (unpaired) electrons. The topological polar surface area (TPSA) is 83.0 Å². The molecule has 0 atom stereocenters. The first kappa shape index (κ1) is 16.3. The van der Waals surface area contributed by atoms with Crippen LogP contribution >= 0.6 is 0 Å². The first-order chi connectivity index (χ1) is 11.2. The first-order valence-corrected chi connectivity index (χ1v) is 6.86. The highest BCUT2D eigenvalue weighted by Crippen LogP contribution is 2.34. The van der Waals surface area contributed by atoms with E-state index in [1.54, 1.807) is 25.0 Å². The quantitative estimate of drug-likeness (QED) is 0.735. The predicted octanol–water partition coefficient (Wildman–Crippen LogP) is 2.59. The molecule has 0 N–H and O–H groups in total. The van der Waals surface area contributed by atoms with Gasteiger partial charge in [-0.25, -0.2) is 0 Å². The molecule has 0 amide bonds. The van der Waals surface area contributed by atoms with Crippen LogP contribution in [-0.2, 0) is 16.0 Å². The van der Waals surface area contributed by atoms with E-state index >= 15 is 0 Å². The second-order valence-corrected chi connectivity index (χ2v) is 4.51. The molecule has 2 aromatic heterocycles. The van der Waals surface area contributed by atoms with E-state index in [1.807, 2.05) is 24.3 Å². The van der Waals surface area contributed by atoms with Crippen molar-refractivity contribution in [2.45, 2.75) is 13.3 Å². The minimum absolute atomic E-state index is 0.250. The molecule has 0 bridgehead atoms. The molecule has 0 unspecified atom stereocenters. The number of nitrogens with zero attached hydrogens (tertiary/aromatic N) is 2. The van der Waals surface area contributed by atoms with Crippen molar-refractivity contribution in [1.82, 2.24) is 9.61 Å². The number of oxazole rings is 1. The molecule has 23 heavy (non-hydrogen) atoms. The summed E-state index contributed by atoms with van der Waals surface area (Å²) < 4.78 is 18.0. The van der Waals surface area contributed by atoms with Gasteiger partial charge in [-0.1, -0.05) is 6.92 Å². The van der Waals surface area contributed by atoms with Gasteiger partial charge in [-0.3, -0.25) is 0 Å². The Kier molecular flexibility index (Phi) is 5.17. The maximum absolute atomic E-state index is 8.12. The Labute approximate surface area is 132 Å². The van der Waals surface area contributed by atoms with Crippen LogP contribution in [0.3, 0.4) is 0 Å². The number of fused-ring (bicyclic) bond motifs is 1. The van der Waals surface area contributed by atoms with Crippen LogP contribution in [0.25, 0.3) is 17.0 Å². The van der Waals surface area contributed by atoms with Crippen molar-refractivity contribution in [2.75, 3.05) is 14.2 Å². The zero-order valence-electron chi connectivity index (χ0n) is 13.0. The van der Waals surface area contributed by atoms with Gasteiger partial charge in [0.15, 0.2) is 0 Å². The van der Waals surface area contributed by atoms with E-state index in [-0.39, 0.29) is 6.15 Å². The minimum atomic E-state index is 0.250. The second-order valence-electron chi connectivity index (χ2n) is 4.51. The van der Waals surface area contributed by atoms with Crippen molar-refractivity contribution in [3.8, 4) is 22.8 Å². The summed E-state index contributed by atoms with van der Waals surface area (Å²) in [6.45, 7) is 2.06. The number of hydrogen-bond acceptors (Lipinski definition) is 6. The molecule has 0 aliphatic carbocycles. The van der Waals surface area contributed by atoms with Crippen LogP contribution in [0, 0.1) is 0 Å². The van der Waals surface area contributed by atoms with Gasteiger partial charge in [-0.05, 0) is 18.6 Å². The molecule has 0 aliphatic heterocycles. The number of benzene rings is 1. The average molecular weight is 316 g/mol. The molecule has 0 aliphatic rings. The molecule has 120 valence electrons. The van der Waals surface area contributed by atoms with E-state index in [4.69, 9.17) is 23.5 Å². The normalized spacial score (nSPS) is 9.87. The number of rotatable bonds is 4. The standard InChI is InChI=1S/C15H16N2O3.CO2/c1-4-10-7-15-17(16-10)13(9-20-15)12-6-5-11(18-2)8-14(12)19-3;2-1-3/h5-9H,4H2,1-3H3;. The Balaban J connectivity index is 0.000000595. The monoisotopic (exact) mass is 316 g/mol. The Morgan fingerprint density at radius 3 is 2.57 bits per heavy atom. The number of hydrogen-bond donors (Lipinski definition) is 0. The Bertz CT molecular complexity index is 828. The molecule has 7 heteroatoms.